The Hall–Kier alpha value is -0.890. The maximum absolute atomic E-state index is 13.1. The van der Waals surface area contributed by atoms with Gasteiger partial charge in [0.05, 0.1) is 5.60 Å². The van der Waals surface area contributed by atoms with E-state index in [2.05, 4.69) is 0 Å². The molecule has 1 N–H and O–H groups in total. The molecule has 0 spiro atoms. The van der Waals surface area contributed by atoms with Crippen LogP contribution in [0.5, 0.6) is 0 Å². The zero-order chi connectivity index (χ0) is 10.5. The second-order valence-corrected chi connectivity index (χ2v) is 5.01. The summed E-state index contributed by atoms with van der Waals surface area (Å²) in [5, 5.41) is 10.6. The first-order valence-corrected chi connectivity index (χ1v) is 5.67. The Bertz CT molecular complexity index is 390. The van der Waals surface area contributed by atoms with Gasteiger partial charge in [0.1, 0.15) is 5.82 Å². The summed E-state index contributed by atoms with van der Waals surface area (Å²) in [6.07, 6.45) is 4.27. The molecule has 2 saturated carbocycles. The van der Waals surface area contributed by atoms with Crippen molar-refractivity contribution in [2.24, 2.45) is 11.8 Å². The van der Waals surface area contributed by atoms with Crippen molar-refractivity contribution in [3.05, 3.63) is 35.6 Å². The van der Waals surface area contributed by atoms with Gasteiger partial charge in [0.25, 0.3) is 0 Å². The maximum atomic E-state index is 13.1. The van der Waals surface area contributed by atoms with Crippen molar-refractivity contribution in [2.45, 2.75) is 31.3 Å². The third-order valence-electron chi connectivity index (χ3n) is 4.14. The van der Waals surface area contributed by atoms with Crippen molar-refractivity contribution in [2.75, 3.05) is 0 Å². The molecule has 1 aromatic rings. The average Bonchev–Trinajstić information content (AvgIpc) is 2.78. The molecule has 3 unspecified atom stereocenters. The lowest BCUT2D eigenvalue weighted by atomic mass is 9.79. The number of hydrogen-bond donors (Lipinski definition) is 1. The fourth-order valence-corrected chi connectivity index (χ4v) is 3.41. The normalized spacial score (nSPS) is 38.5. The summed E-state index contributed by atoms with van der Waals surface area (Å²) >= 11 is 0. The van der Waals surface area contributed by atoms with E-state index in [0.29, 0.717) is 11.8 Å². The SMILES string of the molecule is OC1(c2cccc(F)c2)CC2CCC1C2. The number of aliphatic hydroxyl groups is 1. The number of halogens is 1. The van der Waals surface area contributed by atoms with Crippen LogP contribution in [-0.2, 0) is 5.60 Å². The zero-order valence-corrected chi connectivity index (χ0v) is 8.62. The molecule has 2 bridgehead atoms. The molecule has 0 radical (unpaired) electrons. The van der Waals surface area contributed by atoms with E-state index in [1.807, 2.05) is 6.07 Å². The van der Waals surface area contributed by atoms with E-state index in [1.54, 1.807) is 6.07 Å². The van der Waals surface area contributed by atoms with E-state index in [9.17, 15) is 9.50 Å². The molecule has 2 aliphatic rings. The Morgan fingerprint density at radius 1 is 1.33 bits per heavy atom. The van der Waals surface area contributed by atoms with Gasteiger partial charge in [-0.05, 0) is 55.2 Å². The predicted molar refractivity (Wildman–Crippen MR) is 55.7 cm³/mol. The Balaban J connectivity index is 2.00. The molecule has 0 saturated heterocycles. The Kier molecular flexibility index (Phi) is 1.90. The van der Waals surface area contributed by atoms with E-state index in [1.165, 1.54) is 18.6 Å². The van der Waals surface area contributed by atoms with Crippen LogP contribution in [0, 0.1) is 17.7 Å². The molecule has 0 heterocycles. The van der Waals surface area contributed by atoms with Gasteiger partial charge in [-0.3, -0.25) is 0 Å². The highest BCUT2D eigenvalue weighted by Gasteiger charge is 2.50. The molecule has 80 valence electrons. The van der Waals surface area contributed by atoms with Gasteiger partial charge >= 0.3 is 0 Å². The molecule has 2 heteroatoms. The highest BCUT2D eigenvalue weighted by Crippen LogP contribution is 2.55. The number of fused-ring (bicyclic) bond motifs is 2. The van der Waals surface area contributed by atoms with Gasteiger partial charge in [0, 0.05) is 0 Å². The Morgan fingerprint density at radius 3 is 2.80 bits per heavy atom. The van der Waals surface area contributed by atoms with Crippen molar-refractivity contribution >= 4 is 0 Å². The summed E-state index contributed by atoms with van der Waals surface area (Å²) in [6, 6.07) is 6.46. The molecule has 2 fully saturated rings. The molecule has 0 aromatic heterocycles. The first-order chi connectivity index (χ1) is 7.18. The van der Waals surface area contributed by atoms with Crippen LogP contribution >= 0.6 is 0 Å². The first kappa shape index (κ1) is 9.34. The minimum atomic E-state index is -0.745. The van der Waals surface area contributed by atoms with Gasteiger partial charge in [-0.2, -0.15) is 0 Å². The molecule has 1 aromatic carbocycles. The lowest BCUT2D eigenvalue weighted by Crippen LogP contribution is -2.32. The van der Waals surface area contributed by atoms with E-state index < -0.39 is 5.60 Å². The van der Waals surface area contributed by atoms with Crippen molar-refractivity contribution < 1.29 is 9.50 Å². The van der Waals surface area contributed by atoms with Crippen LogP contribution in [0.1, 0.15) is 31.2 Å². The maximum Gasteiger partial charge on any atom is 0.123 e. The summed E-state index contributed by atoms with van der Waals surface area (Å²) in [7, 11) is 0. The Morgan fingerprint density at radius 2 is 2.20 bits per heavy atom. The second-order valence-electron chi connectivity index (χ2n) is 5.01. The van der Waals surface area contributed by atoms with Gasteiger partial charge in [0.15, 0.2) is 0 Å². The summed E-state index contributed by atoms with van der Waals surface area (Å²) < 4.78 is 13.1. The molecule has 3 rings (SSSR count). The minimum Gasteiger partial charge on any atom is -0.385 e. The lowest BCUT2D eigenvalue weighted by molar-refractivity contribution is -0.0184. The first-order valence-electron chi connectivity index (χ1n) is 5.67. The topological polar surface area (TPSA) is 20.2 Å². The molecule has 1 nitrogen and oxygen atoms in total. The largest absolute Gasteiger partial charge is 0.385 e. The highest BCUT2D eigenvalue weighted by atomic mass is 19.1. The van der Waals surface area contributed by atoms with Gasteiger partial charge in [-0.15, -0.1) is 0 Å². The van der Waals surface area contributed by atoms with E-state index in [0.717, 1.165) is 24.8 Å². The lowest BCUT2D eigenvalue weighted by Gasteiger charge is -2.32. The minimum absolute atomic E-state index is 0.247. The van der Waals surface area contributed by atoms with Crippen LogP contribution < -0.4 is 0 Å². The van der Waals surface area contributed by atoms with Crippen LogP contribution in [-0.4, -0.2) is 5.11 Å². The van der Waals surface area contributed by atoms with Gasteiger partial charge in [-0.1, -0.05) is 12.1 Å². The number of rotatable bonds is 1. The van der Waals surface area contributed by atoms with Crippen LogP contribution in [0.2, 0.25) is 0 Å². The van der Waals surface area contributed by atoms with E-state index in [4.69, 9.17) is 0 Å². The van der Waals surface area contributed by atoms with Crippen molar-refractivity contribution in [1.29, 1.82) is 0 Å². The van der Waals surface area contributed by atoms with Crippen molar-refractivity contribution in [3.8, 4) is 0 Å². The smallest absolute Gasteiger partial charge is 0.123 e. The quantitative estimate of drug-likeness (QED) is 0.749. The van der Waals surface area contributed by atoms with Crippen LogP contribution in [0.25, 0.3) is 0 Å². The molecular formula is C13H15FO. The fourth-order valence-electron chi connectivity index (χ4n) is 3.41. The van der Waals surface area contributed by atoms with Crippen LogP contribution in [0.15, 0.2) is 24.3 Å². The van der Waals surface area contributed by atoms with Gasteiger partial charge in [-0.25, -0.2) is 4.39 Å². The van der Waals surface area contributed by atoms with Gasteiger partial charge < -0.3 is 5.11 Å². The van der Waals surface area contributed by atoms with Crippen LogP contribution in [0.4, 0.5) is 4.39 Å². The number of benzene rings is 1. The third-order valence-corrected chi connectivity index (χ3v) is 4.14. The Labute approximate surface area is 88.9 Å². The summed E-state index contributed by atoms with van der Waals surface area (Å²) in [5.41, 5.74) is 0.0278. The molecule has 3 atom stereocenters. The number of hydrogen-bond acceptors (Lipinski definition) is 1. The summed E-state index contributed by atoms with van der Waals surface area (Å²) in [4.78, 5) is 0. The molecule has 15 heavy (non-hydrogen) atoms. The molecule has 0 aliphatic heterocycles. The molecule has 0 amide bonds. The molecular weight excluding hydrogens is 191 g/mol. The van der Waals surface area contributed by atoms with E-state index >= 15 is 0 Å². The average molecular weight is 206 g/mol. The second kappa shape index (κ2) is 3.05. The monoisotopic (exact) mass is 206 g/mol. The summed E-state index contributed by atoms with van der Waals surface area (Å²) in [5.74, 6) is 0.760. The highest BCUT2D eigenvalue weighted by molar-refractivity contribution is 5.27. The summed E-state index contributed by atoms with van der Waals surface area (Å²) in [6.45, 7) is 0. The van der Waals surface area contributed by atoms with Crippen LogP contribution in [0.3, 0.4) is 0 Å². The predicted octanol–water partition coefficient (Wildman–Crippen LogP) is 2.83. The van der Waals surface area contributed by atoms with E-state index in [-0.39, 0.29) is 5.82 Å². The van der Waals surface area contributed by atoms with Crippen molar-refractivity contribution in [1.82, 2.24) is 0 Å². The third kappa shape index (κ3) is 1.31. The van der Waals surface area contributed by atoms with Crippen molar-refractivity contribution in [3.63, 3.8) is 0 Å². The standard InChI is InChI=1S/C13H15FO/c14-12-3-1-2-10(7-12)13(15)8-9-4-5-11(13)6-9/h1-3,7,9,11,15H,4-6,8H2. The fraction of sp³-hybridized carbons (Fsp3) is 0.538. The molecule has 2 aliphatic carbocycles. The van der Waals surface area contributed by atoms with Gasteiger partial charge in [0.2, 0.25) is 0 Å². The zero-order valence-electron chi connectivity index (χ0n) is 8.62.